The van der Waals surface area contributed by atoms with E-state index in [1.807, 2.05) is 30.3 Å². The van der Waals surface area contributed by atoms with Gasteiger partial charge in [-0.1, -0.05) is 43.0 Å². The van der Waals surface area contributed by atoms with Crippen LogP contribution in [0.25, 0.3) is 6.08 Å². The lowest BCUT2D eigenvalue weighted by Crippen LogP contribution is -1.96. The first-order valence-electron chi connectivity index (χ1n) is 6.80. The fraction of sp³-hybridized carbons (Fsp3) is 0.0526. The van der Waals surface area contributed by atoms with Crippen molar-refractivity contribution in [2.24, 2.45) is 0 Å². The Labute approximate surface area is 129 Å². The SMILES string of the molecule is C=CCOc1ccccc1/C=C/C(=O)c1cccc(C#N)c1. The molecule has 0 atom stereocenters. The number of rotatable bonds is 6. The van der Waals surface area contributed by atoms with Crippen molar-refractivity contribution in [3.05, 3.63) is 84.0 Å². The summed E-state index contributed by atoms with van der Waals surface area (Å²) < 4.78 is 5.54. The number of nitrogens with zero attached hydrogens (tertiary/aromatic N) is 1. The summed E-state index contributed by atoms with van der Waals surface area (Å²) >= 11 is 0. The predicted molar refractivity (Wildman–Crippen MR) is 86.7 cm³/mol. The zero-order chi connectivity index (χ0) is 15.8. The van der Waals surface area contributed by atoms with Crippen molar-refractivity contribution in [3.63, 3.8) is 0 Å². The third kappa shape index (κ3) is 3.94. The fourth-order valence-corrected chi connectivity index (χ4v) is 1.90. The summed E-state index contributed by atoms with van der Waals surface area (Å²) in [4.78, 5) is 12.2. The molecule has 0 aliphatic heterocycles. The third-order valence-electron chi connectivity index (χ3n) is 2.97. The standard InChI is InChI=1S/C19H15NO2/c1-2-12-22-19-9-4-3-7-16(19)10-11-18(21)17-8-5-6-15(13-17)14-20/h2-11,13H,1,12H2/b11-10+. The molecular formula is C19H15NO2. The van der Waals surface area contributed by atoms with Gasteiger partial charge < -0.3 is 4.74 Å². The first kappa shape index (κ1) is 15.3. The summed E-state index contributed by atoms with van der Waals surface area (Å²) in [6.45, 7) is 4.02. The molecule has 2 aromatic rings. The molecule has 3 nitrogen and oxygen atoms in total. The first-order valence-corrected chi connectivity index (χ1v) is 6.80. The van der Waals surface area contributed by atoms with E-state index < -0.39 is 0 Å². The van der Waals surface area contributed by atoms with E-state index in [2.05, 4.69) is 6.58 Å². The van der Waals surface area contributed by atoms with Gasteiger partial charge in [-0.2, -0.15) is 5.26 Å². The number of benzene rings is 2. The van der Waals surface area contributed by atoms with Gasteiger partial charge in [0, 0.05) is 11.1 Å². The number of allylic oxidation sites excluding steroid dienone is 1. The van der Waals surface area contributed by atoms with Gasteiger partial charge in [0.25, 0.3) is 0 Å². The van der Waals surface area contributed by atoms with Crippen LogP contribution in [0, 0.1) is 11.3 Å². The van der Waals surface area contributed by atoms with Gasteiger partial charge in [-0.3, -0.25) is 4.79 Å². The van der Waals surface area contributed by atoms with E-state index in [1.165, 1.54) is 6.08 Å². The molecule has 0 aromatic heterocycles. The van der Waals surface area contributed by atoms with Gasteiger partial charge >= 0.3 is 0 Å². The molecule has 0 radical (unpaired) electrons. The number of para-hydroxylation sites is 1. The molecule has 22 heavy (non-hydrogen) atoms. The Hall–Kier alpha value is -3.12. The molecule has 0 N–H and O–H groups in total. The smallest absolute Gasteiger partial charge is 0.185 e. The molecular weight excluding hydrogens is 274 g/mol. The zero-order valence-electron chi connectivity index (χ0n) is 12.0. The second-order valence-electron chi connectivity index (χ2n) is 4.53. The number of hydrogen-bond donors (Lipinski definition) is 0. The lowest BCUT2D eigenvalue weighted by atomic mass is 10.1. The Morgan fingerprint density at radius 1 is 1.23 bits per heavy atom. The van der Waals surface area contributed by atoms with Gasteiger partial charge in [-0.05, 0) is 30.4 Å². The highest BCUT2D eigenvalue weighted by Gasteiger charge is 2.04. The molecule has 0 aliphatic rings. The van der Waals surface area contributed by atoms with Gasteiger partial charge in [0.15, 0.2) is 5.78 Å². The van der Waals surface area contributed by atoms with E-state index in [9.17, 15) is 4.79 Å². The molecule has 108 valence electrons. The lowest BCUT2D eigenvalue weighted by molar-refractivity contribution is 0.104. The quantitative estimate of drug-likeness (QED) is 0.458. The highest BCUT2D eigenvalue weighted by Crippen LogP contribution is 2.20. The van der Waals surface area contributed by atoms with Gasteiger partial charge in [-0.15, -0.1) is 0 Å². The summed E-state index contributed by atoms with van der Waals surface area (Å²) in [6, 6.07) is 16.1. The molecule has 0 bridgehead atoms. The van der Waals surface area contributed by atoms with Crippen LogP contribution in [0.5, 0.6) is 5.75 Å². The van der Waals surface area contributed by atoms with Crippen LogP contribution in [0.15, 0.2) is 67.3 Å². The largest absolute Gasteiger partial charge is 0.489 e. The highest BCUT2D eigenvalue weighted by molar-refractivity contribution is 6.07. The fourth-order valence-electron chi connectivity index (χ4n) is 1.90. The summed E-state index contributed by atoms with van der Waals surface area (Å²) in [7, 11) is 0. The molecule has 0 saturated heterocycles. The summed E-state index contributed by atoms with van der Waals surface area (Å²) in [5.41, 5.74) is 1.77. The van der Waals surface area contributed by atoms with Crippen molar-refractivity contribution < 1.29 is 9.53 Å². The molecule has 0 aliphatic carbocycles. The van der Waals surface area contributed by atoms with Gasteiger partial charge in [0.1, 0.15) is 12.4 Å². The van der Waals surface area contributed by atoms with Crippen LogP contribution in [0.2, 0.25) is 0 Å². The Balaban J connectivity index is 2.19. The maximum atomic E-state index is 12.2. The predicted octanol–water partition coefficient (Wildman–Crippen LogP) is 4.02. The van der Waals surface area contributed by atoms with Crippen LogP contribution in [0.4, 0.5) is 0 Å². The second kappa shape index (κ2) is 7.61. The lowest BCUT2D eigenvalue weighted by Gasteiger charge is -2.06. The number of ether oxygens (including phenoxy) is 1. The van der Waals surface area contributed by atoms with Crippen LogP contribution in [0.1, 0.15) is 21.5 Å². The van der Waals surface area contributed by atoms with Gasteiger partial charge in [-0.25, -0.2) is 0 Å². The number of carbonyl (C=O) groups excluding carboxylic acids is 1. The average Bonchev–Trinajstić information content (AvgIpc) is 2.58. The summed E-state index contributed by atoms with van der Waals surface area (Å²) in [5.74, 6) is 0.535. The Morgan fingerprint density at radius 3 is 2.82 bits per heavy atom. The minimum atomic E-state index is -0.157. The number of carbonyl (C=O) groups is 1. The summed E-state index contributed by atoms with van der Waals surface area (Å²) in [6.07, 6.45) is 4.85. The average molecular weight is 289 g/mol. The minimum absolute atomic E-state index is 0.157. The van der Waals surface area contributed by atoms with Gasteiger partial charge in [0.2, 0.25) is 0 Å². The molecule has 0 saturated carbocycles. The van der Waals surface area contributed by atoms with E-state index in [-0.39, 0.29) is 5.78 Å². The van der Waals surface area contributed by atoms with E-state index in [1.54, 1.807) is 36.4 Å². The molecule has 0 unspecified atom stereocenters. The van der Waals surface area contributed by atoms with Crippen LogP contribution in [-0.2, 0) is 0 Å². The van der Waals surface area contributed by atoms with Crippen LogP contribution in [-0.4, -0.2) is 12.4 Å². The Morgan fingerprint density at radius 2 is 2.05 bits per heavy atom. The van der Waals surface area contributed by atoms with Crippen molar-refractivity contribution >= 4 is 11.9 Å². The zero-order valence-corrected chi connectivity index (χ0v) is 12.0. The maximum Gasteiger partial charge on any atom is 0.185 e. The molecule has 0 spiro atoms. The van der Waals surface area contributed by atoms with Crippen molar-refractivity contribution in [1.82, 2.24) is 0 Å². The van der Waals surface area contributed by atoms with Crippen molar-refractivity contribution in [2.45, 2.75) is 0 Å². The summed E-state index contributed by atoms with van der Waals surface area (Å²) in [5, 5.41) is 8.87. The molecule has 0 heterocycles. The number of ketones is 1. The second-order valence-corrected chi connectivity index (χ2v) is 4.53. The normalized spacial score (nSPS) is 10.1. The highest BCUT2D eigenvalue weighted by atomic mass is 16.5. The topological polar surface area (TPSA) is 50.1 Å². The number of nitriles is 1. The molecule has 2 aromatic carbocycles. The van der Waals surface area contributed by atoms with Crippen molar-refractivity contribution in [1.29, 1.82) is 5.26 Å². The molecule has 3 heteroatoms. The first-order chi connectivity index (χ1) is 10.7. The monoisotopic (exact) mass is 289 g/mol. The molecule has 0 amide bonds. The van der Waals surface area contributed by atoms with Crippen LogP contribution in [0.3, 0.4) is 0 Å². The van der Waals surface area contributed by atoms with Crippen LogP contribution >= 0.6 is 0 Å². The maximum absolute atomic E-state index is 12.2. The Kier molecular flexibility index (Phi) is 5.28. The Bertz CT molecular complexity index is 754. The van der Waals surface area contributed by atoms with Gasteiger partial charge in [0.05, 0.1) is 11.6 Å². The van der Waals surface area contributed by atoms with Crippen molar-refractivity contribution in [3.8, 4) is 11.8 Å². The van der Waals surface area contributed by atoms with E-state index in [4.69, 9.17) is 10.00 Å². The van der Waals surface area contributed by atoms with E-state index in [0.29, 0.717) is 23.5 Å². The van der Waals surface area contributed by atoms with Crippen molar-refractivity contribution in [2.75, 3.05) is 6.61 Å². The van der Waals surface area contributed by atoms with Crippen LogP contribution < -0.4 is 4.74 Å². The van der Waals surface area contributed by atoms with E-state index in [0.717, 1.165) is 5.56 Å². The molecule has 2 rings (SSSR count). The third-order valence-corrected chi connectivity index (χ3v) is 2.97. The minimum Gasteiger partial charge on any atom is -0.489 e. The van der Waals surface area contributed by atoms with E-state index >= 15 is 0 Å². The number of hydrogen-bond acceptors (Lipinski definition) is 3. The molecule has 0 fully saturated rings.